The van der Waals surface area contributed by atoms with Gasteiger partial charge in [0.25, 0.3) is 0 Å². The van der Waals surface area contributed by atoms with Crippen LogP contribution < -0.4 is 5.73 Å². The molecular formula is C16H17NO2S. The number of ether oxygens (including phenoxy) is 1. The summed E-state index contributed by atoms with van der Waals surface area (Å²) in [7, 11) is 0. The van der Waals surface area contributed by atoms with Gasteiger partial charge in [-0.25, -0.2) is 4.79 Å². The second kappa shape index (κ2) is 6.48. The fourth-order valence-electron chi connectivity index (χ4n) is 1.77. The molecule has 0 saturated carbocycles. The van der Waals surface area contributed by atoms with Crippen molar-refractivity contribution in [3.8, 4) is 0 Å². The van der Waals surface area contributed by atoms with Crippen LogP contribution >= 0.6 is 11.8 Å². The SMILES string of the molecule is CCOC(=O)c1ccc(N)c(Sc2cccc(C)c2)c1. The molecule has 0 atom stereocenters. The van der Waals surface area contributed by atoms with Gasteiger partial charge >= 0.3 is 5.97 Å². The van der Waals surface area contributed by atoms with Gasteiger partial charge in [0.2, 0.25) is 0 Å². The Balaban J connectivity index is 2.27. The molecule has 2 aromatic rings. The number of carbonyl (C=O) groups excluding carboxylic acids is 1. The van der Waals surface area contributed by atoms with Gasteiger partial charge < -0.3 is 10.5 Å². The minimum atomic E-state index is -0.321. The Bertz CT molecular complexity index is 626. The molecule has 20 heavy (non-hydrogen) atoms. The summed E-state index contributed by atoms with van der Waals surface area (Å²) in [6.45, 7) is 4.20. The van der Waals surface area contributed by atoms with Crippen LogP contribution in [0.5, 0.6) is 0 Å². The van der Waals surface area contributed by atoms with Crippen LogP contribution in [0.25, 0.3) is 0 Å². The lowest BCUT2D eigenvalue weighted by atomic mass is 10.2. The fourth-order valence-corrected chi connectivity index (χ4v) is 2.79. The normalized spacial score (nSPS) is 10.3. The minimum Gasteiger partial charge on any atom is -0.462 e. The molecule has 0 fully saturated rings. The molecule has 0 saturated heterocycles. The van der Waals surface area contributed by atoms with E-state index in [4.69, 9.17) is 10.5 Å². The number of rotatable bonds is 4. The van der Waals surface area contributed by atoms with Crippen LogP contribution in [0.2, 0.25) is 0 Å². The summed E-state index contributed by atoms with van der Waals surface area (Å²) in [5, 5.41) is 0. The first-order valence-corrected chi connectivity index (χ1v) is 7.23. The number of carbonyl (C=O) groups is 1. The van der Waals surface area contributed by atoms with E-state index in [0.29, 0.717) is 17.9 Å². The van der Waals surface area contributed by atoms with Crippen LogP contribution in [-0.2, 0) is 4.74 Å². The topological polar surface area (TPSA) is 52.3 Å². The highest BCUT2D eigenvalue weighted by Gasteiger charge is 2.10. The molecule has 0 bridgehead atoms. The fraction of sp³-hybridized carbons (Fsp3) is 0.188. The van der Waals surface area contributed by atoms with Crippen molar-refractivity contribution in [3.05, 3.63) is 53.6 Å². The van der Waals surface area contributed by atoms with E-state index in [0.717, 1.165) is 9.79 Å². The van der Waals surface area contributed by atoms with Crippen molar-refractivity contribution < 1.29 is 9.53 Å². The molecule has 0 aromatic heterocycles. The average Bonchev–Trinajstić information content (AvgIpc) is 2.41. The Morgan fingerprint density at radius 2 is 2.05 bits per heavy atom. The molecule has 0 aliphatic carbocycles. The lowest BCUT2D eigenvalue weighted by molar-refractivity contribution is 0.0526. The summed E-state index contributed by atoms with van der Waals surface area (Å²) in [4.78, 5) is 13.7. The van der Waals surface area contributed by atoms with Crippen molar-refractivity contribution in [2.45, 2.75) is 23.6 Å². The van der Waals surface area contributed by atoms with Gasteiger partial charge in [-0.1, -0.05) is 29.5 Å². The van der Waals surface area contributed by atoms with Crippen molar-refractivity contribution in [2.24, 2.45) is 0 Å². The van der Waals surface area contributed by atoms with E-state index in [-0.39, 0.29) is 5.97 Å². The van der Waals surface area contributed by atoms with Crippen LogP contribution in [0.1, 0.15) is 22.8 Å². The van der Waals surface area contributed by atoms with E-state index in [1.807, 2.05) is 25.1 Å². The number of anilines is 1. The maximum atomic E-state index is 11.7. The highest BCUT2D eigenvalue weighted by Crippen LogP contribution is 2.33. The average molecular weight is 287 g/mol. The van der Waals surface area contributed by atoms with Crippen molar-refractivity contribution in [2.75, 3.05) is 12.3 Å². The summed E-state index contributed by atoms with van der Waals surface area (Å²) in [6, 6.07) is 13.4. The number of esters is 1. The van der Waals surface area contributed by atoms with E-state index in [1.54, 1.807) is 36.9 Å². The minimum absolute atomic E-state index is 0.321. The quantitative estimate of drug-likeness (QED) is 0.684. The molecule has 0 unspecified atom stereocenters. The van der Waals surface area contributed by atoms with Crippen LogP contribution in [-0.4, -0.2) is 12.6 Å². The van der Waals surface area contributed by atoms with Crippen LogP contribution in [0.4, 0.5) is 5.69 Å². The molecule has 0 radical (unpaired) electrons. The third-order valence-electron chi connectivity index (χ3n) is 2.74. The maximum absolute atomic E-state index is 11.7. The summed E-state index contributed by atoms with van der Waals surface area (Å²) in [5.41, 5.74) is 8.35. The molecule has 4 heteroatoms. The van der Waals surface area contributed by atoms with Gasteiger partial charge in [-0.2, -0.15) is 0 Å². The molecule has 0 spiro atoms. The first-order chi connectivity index (χ1) is 9.60. The summed E-state index contributed by atoms with van der Waals surface area (Å²) < 4.78 is 5.00. The molecule has 104 valence electrons. The number of nitrogen functional groups attached to an aromatic ring is 1. The highest BCUT2D eigenvalue weighted by molar-refractivity contribution is 7.99. The van der Waals surface area contributed by atoms with E-state index < -0.39 is 0 Å². The zero-order chi connectivity index (χ0) is 14.5. The molecule has 3 nitrogen and oxygen atoms in total. The Morgan fingerprint density at radius 3 is 2.75 bits per heavy atom. The van der Waals surface area contributed by atoms with Gasteiger partial charge in [0, 0.05) is 15.5 Å². The largest absolute Gasteiger partial charge is 0.462 e. The van der Waals surface area contributed by atoms with Gasteiger partial charge in [-0.05, 0) is 44.2 Å². The van der Waals surface area contributed by atoms with Gasteiger partial charge in [-0.3, -0.25) is 0 Å². The molecule has 2 N–H and O–H groups in total. The van der Waals surface area contributed by atoms with E-state index in [1.165, 1.54) is 5.56 Å². The van der Waals surface area contributed by atoms with E-state index in [2.05, 4.69) is 6.07 Å². The molecule has 2 aromatic carbocycles. The summed E-state index contributed by atoms with van der Waals surface area (Å²) in [5.74, 6) is -0.321. The molecule has 0 aliphatic heterocycles. The lowest BCUT2D eigenvalue weighted by Gasteiger charge is -2.08. The summed E-state index contributed by atoms with van der Waals surface area (Å²) in [6.07, 6.45) is 0. The van der Waals surface area contributed by atoms with Gasteiger partial charge in [0.1, 0.15) is 0 Å². The number of hydrogen-bond donors (Lipinski definition) is 1. The third-order valence-corrected chi connectivity index (χ3v) is 3.81. The first kappa shape index (κ1) is 14.5. The maximum Gasteiger partial charge on any atom is 0.338 e. The Hall–Kier alpha value is -1.94. The summed E-state index contributed by atoms with van der Waals surface area (Å²) >= 11 is 1.55. The van der Waals surface area contributed by atoms with Crippen molar-refractivity contribution in [1.82, 2.24) is 0 Å². The van der Waals surface area contributed by atoms with E-state index >= 15 is 0 Å². The molecule has 0 heterocycles. The van der Waals surface area contributed by atoms with Crippen molar-refractivity contribution in [3.63, 3.8) is 0 Å². The molecular weight excluding hydrogens is 270 g/mol. The van der Waals surface area contributed by atoms with Crippen LogP contribution in [0, 0.1) is 6.92 Å². The number of hydrogen-bond acceptors (Lipinski definition) is 4. The Kier molecular flexibility index (Phi) is 4.69. The number of aryl methyl sites for hydroxylation is 1. The van der Waals surface area contributed by atoms with Crippen molar-refractivity contribution >= 4 is 23.4 Å². The van der Waals surface area contributed by atoms with Gasteiger partial charge in [-0.15, -0.1) is 0 Å². The first-order valence-electron chi connectivity index (χ1n) is 6.41. The second-order valence-electron chi connectivity index (χ2n) is 4.39. The monoisotopic (exact) mass is 287 g/mol. The number of nitrogens with two attached hydrogens (primary N) is 1. The van der Waals surface area contributed by atoms with Crippen LogP contribution in [0.15, 0.2) is 52.3 Å². The van der Waals surface area contributed by atoms with E-state index in [9.17, 15) is 4.79 Å². The lowest BCUT2D eigenvalue weighted by Crippen LogP contribution is -2.05. The van der Waals surface area contributed by atoms with Crippen molar-refractivity contribution in [1.29, 1.82) is 0 Å². The third kappa shape index (κ3) is 3.54. The molecule has 2 rings (SSSR count). The Morgan fingerprint density at radius 1 is 1.25 bits per heavy atom. The second-order valence-corrected chi connectivity index (χ2v) is 5.51. The van der Waals surface area contributed by atoms with Crippen LogP contribution in [0.3, 0.4) is 0 Å². The molecule has 0 amide bonds. The molecule has 0 aliphatic rings. The smallest absolute Gasteiger partial charge is 0.338 e. The zero-order valence-corrected chi connectivity index (χ0v) is 12.4. The highest BCUT2D eigenvalue weighted by atomic mass is 32.2. The predicted molar refractivity (Wildman–Crippen MR) is 82.1 cm³/mol. The number of benzene rings is 2. The standard InChI is InChI=1S/C16H17NO2S/c1-3-19-16(18)12-7-8-14(17)15(10-12)20-13-6-4-5-11(2)9-13/h4-10H,3,17H2,1-2H3. The predicted octanol–water partition coefficient (Wildman–Crippen LogP) is 3.91. The van der Waals surface area contributed by atoms with Gasteiger partial charge in [0.05, 0.1) is 12.2 Å². The zero-order valence-electron chi connectivity index (χ0n) is 11.6. The van der Waals surface area contributed by atoms with Gasteiger partial charge in [0.15, 0.2) is 0 Å². The Labute approximate surface area is 123 Å².